The number of H-pyrrole nitrogens is 1. The number of nitrogens with one attached hydrogen (secondary N) is 2. The fourth-order valence-corrected chi connectivity index (χ4v) is 2.13. The summed E-state index contributed by atoms with van der Waals surface area (Å²) in [7, 11) is 0. The molecule has 7 heteroatoms. The van der Waals surface area contributed by atoms with Gasteiger partial charge in [0.1, 0.15) is 11.5 Å². The average molecular weight is 359 g/mol. The van der Waals surface area contributed by atoms with Crippen LogP contribution in [0.15, 0.2) is 62.7 Å². The number of hydrogen-bond acceptors (Lipinski definition) is 4. The summed E-state index contributed by atoms with van der Waals surface area (Å²) in [5.74, 6) is 0.151. The van der Waals surface area contributed by atoms with E-state index in [9.17, 15) is 4.79 Å². The molecule has 0 aliphatic heterocycles. The maximum atomic E-state index is 11.9. The van der Waals surface area contributed by atoms with Crippen LogP contribution in [0.3, 0.4) is 0 Å². The molecule has 110 valence electrons. The maximum absolute atomic E-state index is 11.9. The smallest absolute Gasteiger partial charge is 0.289 e. The summed E-state index contributed by atoms with van der Waals surface area (Å²) in [6.07, 6.45) is 1.41. The van der Waals surface area contributed by atoms with E-state index in [1.165, 1.54) is 6.21 Å². The van der Waals surface area contributed by atoms with Gasteiger partial charge in [-0.15, -0.1) is 0 Å². The lowest BCUT2D eigenvalue weighted by Crippen LogP contribution is -2.17. The molecule has 0 bridgehead atoms. The van der Waals surface area contributed by atoms with E-state index >= 15 is 0 Å². The van der Waals surface area contributed by atoms with Crippen LogP contribution >= 0.6 is 15.9 Å². The molecule has 0 fully saturated rings. The first-order chi connectivity index (χ1) is 10.7. The highest BCUT2D eigenvalue weighted by molar-refractivity contribution is 9.10. The van der Waals surface area contributed by atoms with Gasteiger partial charge in [0.2, 0.25) is 0 Å². The predicted molar refractivity (Wildman–Crippen MR) is 85.5 cm³/mol. The van der Waals surface area contributed by atoms with Crippen LogP contribution in [-0.4, -0.2) is 22.3 Å². The van der Waals surface area contributed by atoms with Crippen molar-refractivity contribution < 1.29 is 9.21 Å². The van der Waals surface area contributed by atoms with Crippen LogP contribution in [0.1, 0.15) is 16.2 Å². The van der Waals surface area contributed by atoms with Gasteiger partial charge in [-0.3, -0.25) is 9.89 Å². The van der Waals surface area contributed by atoms with Gasteiger partial charge in [-0.1, -0.05) is 30.3 Å². The van der Waals surface area contributed by atoms with Gasteiger partial charge in [0.15, 0.2) is 4.67 Å². The van der Waals surface area contributed by atoms with Crippen LogP contribution in [0, 0.1) is 0 Å². The Hall–Kier alpha value is -2.67. The summed E-state index contributed by atoms with van der Waals surface area (Å²) in [6.45, 7) is 0. The molecule has 0 saturated carbocycles. The number of carbonyl (C=O) groups is 1. The minimum absolute atomic E-state index is 0.330. The van der Waals surface area contributed by atoms with E-state index in [0.717, 1.165) is 5.56 Å². The van der Waals surface area contributed by atoms with Crippen molar-refractivity contribution in [2.75, 3.05) is 0 Å². The van der Waals surface area contributed by atoms with Crippen LogP contribution in [0.25, 0.3) is 11.3 Å². The number of hydrazone groups is 1. The van der Waals surface area contributed by atoms with Crippen LogP contribution in [0.5, 0.6) is 0 Å². The van der Waals surface area contributed by atoms with Gasteiger partial charge >= 0.3 is 0 Å². The molecular formula is C15H11BrN4O2. The van der Waals surface area contributed by atoms with Gasteiger partial charge in [0.05, 0.1) is 11.9 Å². The number of furan rings is 1. The Morgan fingerprint density at radius 1 is 1.27 bits per heavy atom. The van der Waals surface area contributed by atoms with Crippen molar-refractivity contribution in [2.45, 2.75) is 0 Å². The molecule has 1 amide bonds. The number of aromatic amines is 1. The molecule has 2 aromatic heterocycles. The van der Waals surface area contributed by atoms with Crippen molar-refractivity contribution in [3.05, 3.63) is 64.7 Å². The van der Waals surface area contributed by atoms with Crippen LogP contribution in [0.2, 0.25) is 0 Å². The first-order valence-electron chi connectivity index (χ1n) is 6.42. The first kappa shape index (κ1) is 14.3. The second kappa shape index (κ2) is 6.40. The molecule has 1 aromatic carbocycles. The summed E-state index contributed by atoms with van der Waals surface area (Å²) in [6, 6.07) is 14.7. The zero-order chi connectivity index (χ0) is 15.4. The third-order valence-electron chi connectivity index (χ3n) is 2.84. The number of aromatic nitrogens is 2. The molecule has 0 radical (unpaired) electrons. The topological polar surface area (TPSA) is 83.3 Å². The number of hydrogen-bond donors (Lipinski definition) is 2. The standard InChI is InChI=1S/C15H11BrN4O2/c16-14-7-6-11(22-14)9-17-20-15(21)13-8-12(18-19-13)10-4-2-1-3-5-10/h1-9H,(H,18,19)(H,20,21)/b17-9-. The number of nitrogens with zero attached hydrogens (tertiary/aromatic N) is 2. The lowest BCUT2D eigenvalue weighted by molar-refractivity contribution is 0.0950. The fourth-order valence-electron chi connectivity index (χ4n) is 1.81. The Morgan fingerprint density at radius 3 is 2.82 bits per heavy atom. The van der Waals surface area contributed by atoms with Gasteiger partial charge < -0.3 is 4.42 Å². The Kier molecular flexibility index (Phi) is 4.15. The zero-order valence-electron chi connectivity index (χ0n) is 11.3. The molecular weight excluding hydrogens is 348 g/mol. The summed E-state index contributed by atoms with van der Waals surface area (Å²) in [5, 5.41) is 10.6. The Morgan fingerprint density at radius 2 is 2.09 bits per heavy atom. The molecule has 0 spiro atoms. The Labute approximate surface area is 134 Å². The Balaban J connectivity index is 1.66. The molecule has 22 heavy (non-hydrogen) atoms. The third-order valence-corrected chi connectivity index (χ3v) is 3.27. The molecule has 0 atom stereocenters. The highest BCUT2D eigenvalue weighted by Crippen LogP contribution is 2.16. The second-order valence-corrected chi connectivity index (χ2v) is 5.16. The van der Waals surface area contributed by atoms with E-state index in [2.05, 4.69) is 36.7 Å². The van der Waals surface area contributed by atoms with E-state index in [1.807, 2.05) is 30.3 Å². The highest BCUT2D eigenvalue weighted by atomic mass is 79.9. The van der Waals surface area contributed by atoms with Gasteiger partial charge in [0.25, 0.3) is 5.91 Å². The minimum atomic E-state index is -0.378. The van der Waals surface area contributed by atoms with Gasteiger partial charge in [-0.2, -0.15) is 10.2 Å². The largest absolute Gasteiger partial charge is 0.448 e. The lowest BCUT2D eigenvalue weighted by atomic mass is 10.1. The monoisotopic (exact) mass is 358 g/mol. The molecule has 3 aromatic rings. The SMILES string of the molecule is O=C(N/N=C\c1ccc(Br)o1)c1cc(-c2ccccc2)n[nH]1. The summed E-state index contributed by atoms with van der Waals surface area (Å²) in [5.41, 5.74) is 4.37. The number of amides is 1. The molecule has 0 unspecified atom stereocenters. The van der Waals surface area contributed by atoms with Gasteiger partial charge in [-0.05, 0) is 34.1 Å². The minimum Gasteiger partial charge on any atom is -0.448 e. The second-order valence-electron chi connectivity index (χ2n) is 4.37. The van der Waals surface area contributed by atoms with Crippen LogP contribution in [-0.2, 0) is 0 Å². The molecule has 0 saturated heterocycles. The van der Waals surface area contributed by atoms with Crippen molar-refractivity contribution >= 4 is 28.1 Å². The van der Waals surface area contributed by atoms with Crippen molar-refractivity contribution in [1.29, 1.82) is 0 Å². The Bertz CT molecular complexity index is 808. The molecule has 3 rings (SSSR count). The molecule has 0 aliphatic carbocycles. The molecule has 2 heterocycles. The number of benzene rings is 1. The summed E-state index contributed by atoms with van der Waals surface area (Å²) >= 11 is 3.19. The maximum Gasteiger partial charge on any atom is 0.289 e. The van der Waals surface area contributed by atoms with Crippen LogP contribution < -0.4 is 5.43 Å². The molecule has 0 aliphatic rings. The van der Waals surface area contributed by atoms with Crippen LogP contribution in [0.4, 0.5) is 0 Å². The highest BCUT2D eigenvalue weighted by Gasteiger charge is 2.10. The van der Waals surface area contributed by atoms with E-state index in [1.54, 1.807) is 18.2 Å². The molecule has 6 nitrogen and oxygen atoms in total. The lowest BCUT2D eigenvalue weighted by Gasteiger charge is -1.94. The normalized spacial score (nSPS) is 11.0. The van der Waals surface area contributed by atoms with Crippen molar-refractivity contribution in [3.8, 4) is 11.3 Å². The quantitative estimate of drug-likeness (QED) is 0.554. The van der Waals surface area contributed by atoms with Crippen molar-refractivity contribution in [3.63, 3.8) is 0 Å². The number of halogens is 1. The van der Waals surface area contributed by atoms with E-state index < -0.39 is 0 Å². The first-order valence-corrected chi connectivity index (χ1v) is 7.21. The fraction of sp³-hybridized carbons (Fsp3) is 0. The average Bonchev–Trinajstić information content (AvgIpc) is 3.17. The van der Waals surface area contributed by atoms with E-state index in [4.69, 9.17) is 4.42 Å². The van der Waals surface area contributed by atoms with E-state index in [0.29, 0.717) is 21.8 Å². The summed E-state index contributed by atoms with van der Waals surface area (Å²) < 4.78 is 5.83. The number of rotatable bonds is 4. The predicted octanol–water partition coefficient (Wildman–Crippen LogP) is 3.20. The van der Waals surface area contributed by atoms with E-state index in [-0.39, 0.29) is 5.91 Å². The van der Waals surface area contributed by atoms with Gasteiger partial charge in [0, 0.05) is 5.56 Å². The number of carbonyl (C=O) groups excluding carboxylic acids is 1. The van der Waals surface area contributed by atoms with Crippen molar-refractivity contribution in [1.82, 2.24) is 15.6 Å². The van der Waals surface area contributed by atoms with Gasteiger partial charge in [-0.25, -0.2) is 5.43 Å². The zero-order valence-corrected chi connectivity index (χ0v) is 12.9. The third kappa shape index (κ3) is 3.32. The molecule has 2 N–H and O–H groups in total. The summed E-state index contributed by atoms with van der Waals surface area (Å²) in [4.78, 5) is 11.9. The van der Waals surface area contributed by atoms with Crippen molar-refractivity contribution in [2.24, 2.45) is 5.10 Å².